The lowest BCUT2D eigenvalue weighted by molar-refractivity contribution is 0.0489. The van der Waals surface area contributed by atoms with Crippen LogP contribution >= 0.6 is 11.6 Å². The van der Waals surface area contributed by atoms with Gasteiger partial charge in [-0.25, -0.2) is 4.79 Å². The van der Waals surface area contributed by atoms with Gasteiger partial charge in [0.1, 0.15) is 6.10 Å². The summed E-state index contributed by atoms with van der Waals surface area (Å²) < 4.78 is 5.47. The maximum Gasteiger partial charge on any atom is 0.411 e. The molecule has 1 aromatic carbocycles. The van der Waals surface area contributed by atoms with Crippen molar-refractivity contribution in [3.8, 4) is 0 Å². The maximum absolute atomic E-state index is 11.9. The largest absolute Gasteiger partial charge is 0.446 e. The molecule has 1 amide bonds. The molecule has 2 rings (SSSR count). The first-order valence-corrected chi connectivity index (χ1v) is 7.00. The van der Waals surface area contributed by atoms with Crippen LogP contribution in [0.1, 0.15) is 25.7 Å². The summed E-state index contributed by atoms with van der Waals surface area (Å²) >= 11 is 5.98. The van der Waals surface area contributed by atoms with Gasteiger partial charge in [-0.1, -0.05) is 30.2 Å². The van der Waals surface area contributed by atoms with Crippen LogP contribution in [0, 0.1) is 5.92 Å². The molecule has 0 bridgehead atoms. The summed E-state index contributed by atoms with van der Waals surface area (Å²) in [6, 6.07) is 7.08. The Hall–Kier alpha value is -1.26. The first-order chi connectivity index (χ1) is 9.20. The second kappa shape index (κ2) is 6.78. The van der Waals surface area contributed by atoms with Crippen LogP contribution in [0.3, 0.4) is 0 Å². The summed E-state index contributed by atoms with van der Waals surface area (Å²) in [6.07, 6.45) is 3.62. The average Bonchev–Trinajstić information content (AvgIpc) is 2.42. The Morgan fingerprint density at radius 2 is 2.11 bits per heavy atom. The first kappa shape index (κ1) is 14.2. The first-order valence-electron chi connectivity index (χ1n) is 6.63. The zero-order chi connectivity index (χ0) is 13.7. The molecule has 5 heteroatoms. The molecule has 1 fully saturated rings. The van der Waals surface area contributed by atoms with E-state index in [0.717, 1.165) is 25.7 Å². The van der Waals surface area contributed by atoms with Crippen molar-refractivity contribution in [2.75, 3.05) is 11.9 Å². The number of hydrogen-bond donors (Lipinski definition) is 2. The van der Waals surface area contributed by atoms with Crippen molar-refractivity contribution in [2.24, 2.45) is 11.7 Å². The number of rotatable bonds is 3. The Morgan fingerprint density at radius 3 is 2.84 bits per heavy atom. The van der Waals surface area contributed by atoms with E-state index in [4.69, 9.17) is 22.1 Å². The molecular formula is C14H19ClN2O2. The molecule has 19 heavy (non-hydrogen) atoms. The van der Waals surface area contributed by atoms with Gasteiger partial charge in [0, 0.05) is 5.92 Å². The van der Waals surface area contributed by atoms with Crippen molar-refractivity contribution in [1.29, 1.82) is 0 Å². The number of carbonyl (C=O) groups excluding carboxylic acids is 1. The number of halogens is 1. The van der Waals surface area contributed by atoms with Crippen LogP contribution in [-0.2, 0) is 4.74 Å². The van der Waals surface area contributed by atoms with E-state index in [1.807, 2.05) is 12.1 Å². The number of para-hydroxylation sites is 1. The van der Waals surface area contributed by atoms with Crippen molar-refractivity contribution in [3.63, 3.8) is 0 Å². The zero-order valence-electron chi connectivity index (χ0n) is 10.8. The molecule has 104 valence electrons. The maximum atomic E-state index is 11.9. The molecule has 1 aliphatic rings. The van der Waals surface area contributed by atoms with Crippen molar-refractivity contribution in [3.05, 3.63) is 29.3 Å². The summed E-state index contributed by atoms with van der Waals surface area (Å²) in [5, 5.41) is 3.17. The molecule has 4 nitrogen and oxygen atoms in total. The lowest BCUT2D eigenvalue weighted by Gasteiger charge is -2.30. The smallest absolute Gasteiger partial charge is 0.411 e. The Kier molecular flexibility index (Phi) is 5.05. The van der Waals surface area contributed by atoms with Gasteiger partial charge in [0.05, 0.1) is 10.7 Å². The minimum Gasteiger partial charge on any atom is -0.446 e. The van der Waals surface area contributed by atoms with Crippen molar-refractivity contribution >= 4 is 23.4 Å². The molecule has 0 spiro atoms. The molecule has 0 saturated heterocycles. The fourth-order valence-electron chi connectivity index (χ4n) is 2.44. The monoisotopic (exact) mass is 282 g/mol. The highest BCUT2D eigenvalue weighted by Gasteiger charge is 2.27. The topological polar surface area (TPSA) is 64.3 Å². The van der Waals surface area contributed by atoms with E-state index in [2.05, 4.69) is 5.32 Å². The fourth-order valence-corrected chi connectivity index (χ4v) is 2.62. The van der Waals surface area contributed by atoms with Gasteiger partial charge in [0.25, 0.3) is 0 Å². The van der Waals surface area contributed by atoms with E-state index >= 15 is 0 Å². The van der Waals surface area contributed by atoms with Crippen molar-refractivity contribution in [2.45, 2.75) is 31.8 Å². The summed E-state index contributed by atoms with van der Waals surface area (Å²) in [7, 11) is 0. The molecule has 0 aliphatic heterocycles. The summed E-state index contributed by atoms with van der Waals surface area (Å²) in [4.78, 5) is 11.9. The second-order valence-electron chi connectivity index (χ2n) is 4.83. The summed E-state index contributed by atoms with van der Waals surface area (Å²) in [6.45, 7) is 0.560. The molecule has 2 atom stereocenters. The van der Waals surface area contributed by atoms with Crippen molar-refractivity contribution in [1.82, 2.24) is 0 Å². The molecule has 1 aromatic rings. The fraction of sp³-hybridized carbons (Fsp3) is 0.500. The third-order valence-corrected chi connectivity index (χ3v) is 3.84. The standard InChI is InChI=1S/C14H19ClN2O2/c15-11-6-2-3-7-12(11)17-14(18)19-13-8-4-1-5-10(13)9-16/h2-3,6-7,10,13H,1,4-5,8-9,16H2,(H,17,18). The molecule has 3 N–H and O–H groups in total. The van der Waals surface area contributed by atoms with Crippen LogP contribution in [0.25, 0.3) is 0 Å². The number of benzene rings is 1. The highest BCUT2D eigenvalue weighted by molar-refractivity contribution is 6.33. The third-order valence-electron chi connectivity index (χ3n) is 3.51. The van der Waals surface area contributed by atoms with E-state index < -0.39 is 6.09 Å². The predicted molar refractivity (Wildman–Crippen MR) is 76.4 cm³/mol. The highest BCUT2D eigenvalue weighted by atomic mass is 35.5. The van der Waals surface area contributed by atoms with Gasteiger partial charge in [-0.05, 0) is 37.9 Å². The van der Waals surface area contributed by atoms with E-state index in [1.165, 1.54) is 0 Å². The normalized spacial score (nSPS) is 22.8. The summed E-state index contributed by atoms with van der Waals surface area (Å²) in [5.74, 6) is 0.269. The molecule has 0 aromatic heterocycles. The van der Waals surface area contributed by atoms with E-state index in [-0.39, 0.29) is 12.0 Å². The molecule has 2 unspecified atom stereocenters. The van der Waals surface area contributed by atoms with E-state index in [1.54, 1.807) is 12.1 Å². The number of nitrogens with two attached hydrogens (primary N) is 1. The van der Waals surface area contributed by atoms with Gasteiger partial charge in [-0.15, -0.1) is 0 Å². The number of amides is 1. The molecular weight excluding hydrogens is 264 g/mol. The van der Waals surface area contributed by atoms with Gasteiger partial charge in [0.2, 0.25) is 0 Å². The molecule has 1 saturated carbocycles. The average molecular weight is 283 g/mol. The highest BCUT2D eigenvalue weighted by Crippen LogP contribution is 2.27. The summed E-state index contributed by atoms with van der Waals surface area (Å²) in [5.41, 5.74) is 6.28. The van der Waals surface area contributed by atoms with Crippen LogP contribution in [0.2, 0.25) is 5.02 Å². The number of anilines is 1. The van der Waals surface area contributed by atoms with Gasteiger partial charge < -0.3 is 10.5 Å². The van der Waals surface area contributed by atoms with Crippen LogP contribution in [0.15, 0.2) is 24.3 Å². The minimum absolute atomic E-state index is 0.0822. The lowest BCUT2D eigenvalue weighted by Crippen LogP contribution is -2.35. The number of ether oxygens (including phenoxy) is 1. The predicted octanol–water partition coefficient (Wildman–Crippen LogP) is 3.41. The Labute approximate surface area is 118 Å². The number of nitrogens with one attached hydrogen (secondary N) is 1. The molecule has 0 radical (unpaired) electrons. The SMILES string of the molecule is NCC1CCCCC1OC(=O)Nc1ccccc1Cl. The second-order valence-corrected chi connectivity index (χ2v) is 5.24. The van der Waals surface area contributed by atoms with Crippen LogP contribution in [0.5, 0.6) is 0 Å². The van der Waals surface area contributed by atoms with Crippen molar-refractivity contribution < 1.29 is 9.53 Å². The van der Waals surface area contributed by atoms with Crippen LogP contribution in [-0.4, -0.2) is 18.7 Å². The minimum atomic E-state index is -0.460. The number of hydrogen-bond acceptors (Lipinski definition) is 3. The Bertz CT molecular complexity index is 439. The van der Waals surface area contributed by atoms with Crippen LogP contribution in [0.4, 0.5) is 10.5 Å². The quantitative estimate of drug-likeness (QED) is 0.893. The van der Waals surface area contributed by atoms with E-state index in [0.29, 0.717) is 17.3 Å². The van der Waals surface area contributed by atoms with Gasteiger partial charge in [0.15, 0.2) is 0 Å². The Balaban J connectivity index is 1.92. The Morgan fingerprint density at radius 1 is 1.37 bits per heavy atom. The third kappa shape index (κ3) is 3.85. The van der Waals surface area contributed by atoms with Gasteiger partial charge >= 0.3 is 6.09 Å². The lowest BCUT2D eigenvalue weighted by atomic mass is 9.86. The zero-order valence-corrected chi connectivity index (χ0v) is 11.5. The van der Waals surface area contributed by atoms with Gasteiger partial charge in [-0.3, -0.25) is 5.32 Å². The van der Waals surface area contributed by atoms with E-state index in [9.17, 15) is 4.79 Å². The number of carbonyl (C=O) groups is 1. The molecule has 0 heterocycles. The van der Waals surface area contributed by atoms with Gasteiger partial charge in [-0.2, -0.15) is 0 Å². The molecule has 1 aliphatic carbocycles. The van der Waals surface area contributed by atoms with Crippen LogP contribution < -0.4 is 11.1 Å².